The fourth-order valence-electron chi connectivity index (χ4n) is 4.86. The Balaban J connectivity index is 1.15. The predicted octanol–water partition coefficient (Wildman–Crippen LogP) is 3.70. The second kappa shape index (κ2) is 9.06. The number of aromatic amines is 1. The minimum absolute atomic E-state index is 0.0381. The van der Waals surface area contributed by atoms with E-state index in [1.807, 2.05) is 29.3 Å². The highest BCUT2D eigenvalue weighted by molar-refractivity contribution is 6.31. The first kappa shape index (κ1) is 21.8. The lowest BCUT2D eigenvalue weighted by molar-refractivity contribution is -0.136. The van der Waals surface area contributed by atoms with E-state index in [0.717, 1.165) is 22.2 Å². The van der Waals surface area contributed by atoms with Crippen molar-refractivity contribution in [3.63, 3.8) is 0 Å². The molecule has 0 radical (unpaired) electrons. The molecule has 0 saturated carbocycles. The van der Waals surface area contributed by atoms with Crippen LogP contribution < -0.4 is 4.90 Å². The second-order valence-electron chi connectivity index (χ2n) is 8.78. The van der Waals surface area contributed by atoms with Crippen molar-refractivity contribution in [1.82, 2.24) is 14.8 Å². The van der Waals surface area contributed by atoms with E-state index >= 15 is 0 Å². The van der Waals surface area contributed by atoms with Crippen LogP contribution in [0.3, 0.4) is 0 Å². The van der Waals surface area contributed by atoms with Gasteiger partial charge in [0.15, 0.2) is 0 Å². The molecule has 2 aromatic carbocycles. The first-order chi connectivity index (χ1) is 16.0. The molecule has 33 heavy (non-hydrogen) atoms. The number of anilines is 1. The van der Waals surface area contributed by atoms with Gasteiger partial charge < -0.3 is 19.7 Å². The van der Waals surface area contributed by atoms with E-state index < -0.39 is 0 Å². The zero-order chi connectivity index (χ0) is 22.9. The maximum absolute atomic E-state index is 13.2. The van der Waals surface area contributed by atoms with E-state index in [-0.39, 0.29) is 30.0 Å². The van der Waals surface area contributed by atoms with Crippen molar-refractivity contribution in [3.05, 3.63) is 65.1 Å². The first-order valence-corrected chi connectivity index (χ1v) is 11.7. The molecule has 0 unspecified atom stereocenters. The molecule has 0 aliphatic carbocycles. The van der Waals surface area contributed by atoms with Gasteiger partial charge in [0.05, 0.1) is 5.92 Å². The summed E-state index contributed by atoms with van der Waals surface area (Å²) in [6.07, 6.45) is 2.95. The third-order valence-electron chi connectivity index (χ3n) is 6.73. The molecule has 2 aliphatic heterocycles. The average Bonchev–Trinajstić information content (AvgIpc) is 3.40. The van der Waals surface area contributed by atoms with Crippen LogP contribution in [0.15, 0.2) is 48.7 Å². The van der Waals surface area contributed by atoms with Gasteiger partial charge in [-0.05, 0) is 54.4 Å². The minimum atomic E-state index is -0.285. The Morgan fingerprint density at radius 3 is 2.61 bits per heavy atom. The highest BCUT2D eigenvalue weighted by Gasteiger charge is 2.37. The number of halogens is 2. The zero-order valence-electron chi connectivity index (χ0n) is 18.3. The summed E-state index contributed by atoms with van der Waals surface area (Å²) in [6.45, 7) is 3.67. The van der Waals surface area contributed by atoms with Gasteiger partial charge in [0.2, 0.25) is 11.8 Å². The van der Waals surface area contributed by atoms with Crippen LogP contribution in [0.2, 0.25) is 5.02 Å². The molecule has 1 aromatic heterocycles. The molecule has 2 fully saturated rings. The van der Waals surface area contributed by atoms with Crippen molar-refractivity contribution in [2.45, 2.75) is 12.8 Å². The fourth-order valence-corrected chi connectivity index (χ4v) is 5.03. The Morgan fingerprint density at radius 2 is 1.85 bits per heavy atom. The van der Waals surface area contributed by atoms with Gasteiger partial charge in [-0.1, -0.05) is 11.6 Å². The predicted molar refractivity (Wildman–Crippen MR) is 127 cm³/mol. The number of fused-ring (bicyclic) bond motifs is 1. The minimum Gasteiger partial charge on any atom is -0.368 e. The topological polar surface area (TPSA) is 59.7 Å². The number of benzene rings is 2. The number of nitrogens with one attached hydrogen (secondary N) is 1. The number of likely N-dealkylation sites (tertiary alicyclic amines) is 1. The maximum Gasteiger partial charge on any atom is 0.228 e. The summed E-state index contributed by atoms with van der Waals surface area (Å²) in [5.74, 6) is -0.441. The smallest absolute Gasteiger partial charge is 0.228 e. The van der Waals surface area contributed by atoms with Crippen molar-refractivity contribution >= 4 is 40.0 Å². The van der Waals surface area contributed by atoms with Crippen LogP contribution in [-0.4, -0.2) is 65.9 Å². The molecule has 1 N–H and O–H groups in total. The van der Waals surface area contributed by atoms with Crippen LogP contribution in [0.1, 0.15) is 12.0 Å². The molecule has 6 nitrogen and oxygen atoms in total. The Morgan fingerprint density at radius 1 is 1.09 bits per heavy atom. The van der Waals surface area contributed by atoms with Crippen molar-refractivity contribution in [2.24, 2.45) is 5.92 Å². The monoisotopic (exact) mass is 468 g/mol. The van der Waals surface area contributed by atoms with E-state index in [4.69, 9.17) is 11.6 Å². The lowest BCUT2D eigenvalue weighted by atomic mass is 10.1. The Hall–Kier alpha value is -3.06. The highest BCUT2D eigenvalue weighted by atomic mass is 35.5. The molecule has 5 rings (SSSR count). The van der Waals surface area contributed by atoms with E-state index in [2.05, 4.69) is 9.88 Å². The molecule has 3 aromatic rings. The number of H-pyrrole nitrogens is 1. The summed E-state index contributed by atoms with van der Waals surface area (Å²) < 4.78 is 13.2. The zero-order valence-corrected chi connectivity index (χ0v) is 19.0. The number of amides is 2. The second-order valence-corrected chi connectivity index (χ2v) is 9.22. The third kappa shape index (κ3) is 4.55. The van der Waals surface area contributed by atoms with E-state index in [1.165, 1.54) is 12.1 Å². The number of nitrogens with zero attached hydrogens (tertiary/aromatic N) is 3. The summed E-state index contributed by atoms with van der Waals surface area (Å²) in [6, 6.07) is 12.2. The molecule has 8 heteroatoms. The summed E-state index contributed by atoms with van der Waals surface area (Å²) in [5.41, 5.74) is 3.10. The quantitative estimate of drug-likeness (QED) is 0.621. The Labute approximate surface area is 196 Å². The van der Waals surface area contributed by atoms with Crippen molar-refractivity contribution < 1.29 is 14.0 Å². The van der Waals surface area contributed by atoms with Crippen molar-refractivity contribution in [3.8, 4) is 0 Å². The molecule has 2 amide bonds. The van der Waals surface area contributed by atoms with Gasteiger partial charge in [-0.25, -0.2) is 4.39 Å². The van der Waals surface area contributed by atoms with Gasteiger partial charge in [0.1, 0.15) is 5.82 Å². The van der Waals surface area contributed by atoms with E-state index in [0.29, 0.717) is 50.7 Å². The molecule has 172 valence electrons. The number of aromatic nitrogens is 1. The van der Waals surface area contributed by atoms with E-state index in [1.54, 1.807) is 17.0 Å². The number of rotatable bonds is 5. The van der Waals surface area contributed by atoms with Gasteiger partial charge in [-0.15, -0.1) is 0 Å². The molecule has 2 aliphatic rings. The molecule has 3 heterocycles. The summed E-state index contributed by atoms with van der Waals surface area (Å²) in [7, 11) is 0. The van der Waals surface area contributed by atoms with Gasteiger partial charge in [0, 0.05) is 73.5 Å². The van der Waals surface area contributed by atoms with Crippen LogP contribution in [0.5, 0.6) is 0 Å². The summed E-state index contributed by atoms with van der Waals surface area (Å²) >= 11 is 6.14. The van der Waals surface area contributed by atoms with Crippen molar-refractivity contribution in [2.75, 3.05) is 44.2 Å². The van der Waals surface area contributed by atoms with Gasteiger partial charge >= 0.3 is 0 Å². The standard InChI is InChI=1S/C25H26ClFN4O2/c26-19-1-6-23-22(14-19)17(15-28-23)7-8-31-16-18(13-24(31)32)25(33)30-11-9-29(10-12-30)21-4-2-20(27)3-5-21/h1-6,14-15,18,28H,7-13,16H2/t18-/m0/s1. The van der Waals surface area contributed by atoms with Crippen LogP contribution in [0.4, 0.5) is 10.1 Å². The summed E-state index contributed by atoms with van der Waals surface area (Å²) in [4.78, 5) is 34.8. The van der Waals surface area contributed by atoms with Crippen LogP contribution >= 0.6 is 11.6 Å². The molecule has 1 atom stereocenters. The lowest BCUT2D eigenvalue weighted by Crippen LogP contribution is -2.50. The molecular formula is C25H26ClFN4O2. The average molecular weight is 469 g/mol. The fraction of sp³-hybridized carbons (Fsp3) is 0.360. The number of hydrogen-bond donors (Lipinski definition) is 1. The van der Waals surface area contributed by atoms with Crippen LogP contribution in [-0.2, 0) is 16.0 Å². The first-order valence-electron chi connectivity index (χ1n) is 11.3. The molecule has 2 saturated heterocycles. The number of piperazine rings is 1. The highest BCUT2D eigenvalue weighted by Crippen LogP contribution is 2.26. The largest absolute Gasteiger partial charge is 0.368 e. The normalized spacial score (nSPS) is 19.0. The number of hydrogen-bond acceptors (Lipinski definition) is 3. The SMILES string of the molecule is O=C1C[C@H](C(=O)N2CCN(c3ccc(F)cc3)CC2)CN1CCc1c[nH]c2ccc(Cl)cc12. The lowest BCUT2D eigenvalue weighted by Gasteiger charge is -2.37. The van der Waals surface area contributed by atoms with Gasteiger partial charge in [0.25, 0.3) is 0 Å². The Kier molecular flexibility index (Phi) is 5.98. The van der Waals surface area contributed by atoms with Crippen LogP contribution in [0.25, 0.3) is 10.9 Å². The van der Waals surface area contributed by atoms with Crippen LogP contribution in [0, 0.1) is 11.7 Å². The summed E-state index contributed by atoms with van der Waals surface area (Å²) in [5, 5.41) is 1.76. The Bertz CT molecular complexity index is 1170. The number of carbonyl (C=O) groups excluding carboxylic acids is 2. The van der Waals surface area contributed by atoms with Gasteiger partial charge in [-0.2, -0.15) is 0 Å². The third-order valence-corrected chi connectivity index (χ3v) is 6.96. The molecule has 0 spiro atoms. The number of carbonyl (C=O) groups is 2. The molecular weight excluding hydrogens is 443 g/mol. The van der Waals surface area contributed by atoms with E-state index in [9.17, 15) is 14.0 Å². The van der Waals surface area contributed by atoms with Gasteiger partial charge in [-0.3, -0.25) is 9.59 Å². The molecule has 0 bridgehead atoms. The van der Waals surface area contributed by atoms with Crippen molar-refractivity contribution in [1.29, 1.82) is 0 Å². The maximum atomic E-state index is 13.2.